The molecule has 0 fully saturated rings. The second kappa shape index (κ2) is 7.07. The van der Waals surface area contributed by atoms with Crippen molar-refractivity contribution in [1.29, 1.82) is 0 Å². The van der Waals surface area contributed by atoms with Gasteiger partial charge in [-0.15, -0.1) is 11.8 Å². The molecule has 0 spiro atoms. The van der Waals surface area contributed by atoms with Gasteiger partial charge in [0, 0.05) is 16.3 Å². The van der Waals surface area contributed by atoms with Crippen molar-refractivity contribution in [2.45, 2.75) is 11.8 Å². The van der Waals surface area contributed by atoms with Gasteiger partial charge in [-0.2, -0.15) is 0 Å². The number of benzene rings is 2. The number of anilines is 2. The second-order valence-corrected chi connectivity index (χ2v) is 6.28. The summed E-state index contributed by atoms with van der Waals surface area (Å²) in [5.41, 5.74) is 8.31. The van der Waals surface area contributed by atoms with Crippen LogP contribution >= 0.6 is 35.0 Å². The molecule has 0 saturated heterocycles. The average Bonchev–Trinajstić information content (AvgIpc) is 2.44. The number of halogens is 2. The number of amides is 1. The standard InChI is InChI=1S/C15H14Cl2N2OS/c1-9-3-2-4-13(15(9)18)21-8-14(20)19-10-5-6-11(16)12(17)7-10/h2-7H,8,18H2,1H3,(H,19,20). The predicted molar refractivity (Wildman–Crippen MR) is 91.4 cm³/mol. The summed E-state index contributed by atoms with van der Waals surface area (Å²) in [6.07, 6.45) is 0. The van der Waals surface area contributed by atoms with E-state index in [1.165, 1.54) is 11.8 Å². The fourth-order valence-corrected chi connectivity index (χ4v) is 2.84. The molecule has 3 nitrogen and oxygen atoms in total. The molecule has 2 aromatic carbocycles. The van der Waals surface area contributed by atoms with Gasteiger partial charge in [0.05, 0.1) is 15.8 Å². The van der Waals surface area contributed by atoms with E-state index in [9.17, 15) is 4.79 Å². The highest BCUT2D eigenvalue weighted by molar-refractivity contribution is 8.00. The first-order valence-electron chi connectivity index (χ1n) is 6.20. The number of hydrogen-bond donors (Lipinski definition) is 2. The van der Waals surface area contributed by atoms with Gasteiger partial charge in [-0.05, 0) is 36.8 Å². The van der Waals surface area contributed by atoms with Crippen molar-refractivity contribution < 1.29 is 4.79 Å². The third kappa shape index (κ3) is 4.30. The molecule has 0 aliphatic heterocycles. The normalized spacial score (nSPS) is 10.4. The third-order valence-corrected chi connectivity index (χ3v) is 4.66. The lowest BCUT2D eigenvalue weighted by molar-refractivity contribution is -0.113. The van der Waals surface area contributed by atoms with Crippen LogP contribution in [0.25, 0.3) is 0 Å². The van der Waals surface area contributed by atoms with E-state index in [4.69, 9.17) is 28.9 Å². The molecule has 0 aliphatic rings. The number of nitrogens with one attached hydrogen (secondary N) is 1. The summed E-state index contributed by atoms with van der Waals surface area (Å²) in [5.74, 6) is 0.146. The van der Waals surface area contributed by atoms with E-state index in [0.29, 0.717) is 21.4 Å². The highest BCUT2D eigenvalue weighted by Gasteiger charge is 2.08. The maximum atomic E-state index is 11.9. The molecule has 2 rings (SSSR count). The van der Waals surface area contributed by atoms with Crippen molar-refractivity contribution in [1.82, 2.24) is 0 Å². The van der Waals surface area contributed by atoms with Gasteiger partial charge in [-0.25, -0.2) is 0 Å². The minimum atomic E-state index is -0.126. The van der Waals surface area contributed by atoms with E-state index in [2.05, 4.69) is 5.32 Å². The van der Waals surface area contributed by atoms with E-state index < -0.39 is 0 Å². The van der Waals surface area contributed by atoms with Gasteiger partial charge in [0.15, 0.2) is 0 Å². The molecule has 3 N–H and O–H groups in total. The van der Waals surface area contributed by atoms with Gasteiger partial charge in [0.25, 0.3) is 0 Å². The van der Waals surface area contributed by atoms with Crippen LogP contribution in [0.3, 0.4) is 0 Å². The van der Waals surface area contributed by atoms with Crippen LogP contribution in [0.5, 0.6) is 0 Å². The molecule has 6 heteroatoms. The summed E-state index contributed by atoms with van der Waals surface area (Å²) >= 11 is 13.1. The molecule has 0 atom stereocenters. The lowest BCUT2D eigenvalue weighted by Gasteiger charge is -2.09. The molecule has 0 bridgehead atoms. The SMILES string of the molecule is Cc1cccc(SCC(=O)Nc2ccc(Cl)c(Cl)c2)c1N. The largest absolute Gasteiger partial charge is 0.398 e. The fraction of sp³-hybridized carbons (Fsp3) is 0.133. The highest BCUT2D eigenvalue weighted by atomic mass is 35.5. The van der Waals surface area contributed by atoms with E-state index in [0.717, 1.165) is 10.5 Å². The number of carbonyl (C=O) groups excluding carboxylic acids is 1. The highest BCUT2D eigenvalue weighted by Crippen LogP contribution is 2.28. The van der Waals surface area contributed by atoms with Crippen LogP contribution in [-0.4, -0.2) is 11.7 Å². The Hall–Kier alpha value is -1.36. The quantitative estimate of drug-likeness (QED) is 0.630. The monoisotopic (exact) mass is 340 g/mol. The Bertz CT molecular complexity index is 677. The summed E-state index contributed by atoms with van der Waals surface area (Å²) in [7, 11) is 0. The lowest BCUT2D eigenvalue weighted by Crippen LogP contribution is -2.14. The summed E-state index contributed by atoms with van der Waals surface area (Å²) in [5, 5.41) is 3.63. The van der Waals surface area contributed by atoms with Crippen LogP contribution in [0.4, 0.5) is 11.4 Å². The zero-order chi connectivity index (χ0) is 15.4. The molecular weight excluding hydrogens is 327 g/mol. The molecule has 1 amide bonds. The Morgan fingerprint density at radius 2 is 2.00 bits per heavy atom. The summed E-state index contributed by atoms with van der Waals surface area (Å²) in [6.45, 7) is 1.94. The Labute approximate surface area is 137 Å². The molecule has 0 aromatic heterocycles. The van der Waals surface area contributed by atoms with Crippen LogP contribution < -0.4 is 11.1 Å². The molecule has 21 heavy (non-hydrogen) atoms. The van der Waals surface area contributed by atoms with Gasteiger partial charge >= 0.3 is 0 Å². The van der Waals surface area contributed by atoms with E-state index in [-0.39, 0.29) is 11.7 Å². The molecule has 0 radical (unpaired) electrons. The lowest BCUT2D eigenvalue weighted by atomic mass is 10.2. The summed E-state index contributed by atoms with van der Waals surface area (Å²) in [4.78, 5) is 12.8. The van der Waals surface area contributed by atoms with Crippen LogP contribution in [0, 0.1) is 6.92 Å². The molecular formula is C15H14Cl2N2OS. The molecule has 0 aliphatic carbocycles. The van der Waals surface area contributed by atoms with Crippen molar-refractivity contribution in [2.75, 3.05) is 16.8 Å². The number of nitrogen functional groups attached to an aromatic ring is 1. The third-order valence-electron chi connectivity index (χ3n) is 2.85. The molecule has 0 unspecified atom stereocenters. The Kier molecular flexibility index (Phi) is 5.39. The van der Waals surface area contributed by atoms with Crippen molar-refractivity contribution >= 4 is 52.2 Å². The number of hydrogen-bond acceptors (Lipinski definition) is 3. The maximum absolute atomic E-state index is 11.9. The minimum absolute atomic E-state index is 0.126. The number of aryl methyl sites for hydroxylation is 1. The van der Waals surface area contributed by atoms with E-state index >= 15 is 0 Å². The molecule has 2 aromatic rings. The van der Waals surface area contributed by atoms with Crippen LogP contribution in [0.2, 0.25) is 10.0 Å². The van der Waals surface area contributed by atoms with Crippen molar-refractivity contribution in [3.8, 4) is 0 Å². The summed E-state index contributed by atoms with van der Waals surface area (Å²) < 4.78 is 0. The second-order valence-electron chi connectivity index (χ2n) is 4.45. The number of thioether (sulfide) groups is 1. The fourth-order valence-electron chi connectivity index (χ4n) is 1.69. The van der Waals surface area contributed by atoms with Crippen LogP contribution in [0.1, 0.15) is 5.56 Å². The molecule has 0 saturated carbocycles. The smallest absolute Gasteiger partial charge is 0.234 e. The Morgan fingerprint density at radius 3 is 2.71 bits per heavy atom. The molecule has 110 valence electrons. The zero-order valence-corrected chi connectivity index (χ0v) is 13.6. The Balaban J connectivity index is 1.96. The number of para-hydroxylation sites is 1. The molecule has 0 heterocycles. The summed E-state index contributed by atoms with van der Waals surface area (Å²) in [6, 6.07) is 10.7. The van der Waals surface area contributed by atoms with Crippen molar-refractivity contribution in [2.24, 2.45) is 0 Å². The van der Waals surface area contributed by atoms with Crippen molar-refractivity contribution in [3.05, 3.63) is 52.0 Å². The average molecular weight is 341 g/mol. The van der Waals surface area contributed by atoms with Gasteiger partial charge in [0.1, 0.15) is 0 Å². The number of nitrogens with two attached hydrogens (primary N) is 1. The van der Waals surface area contributed by atoms with Gasteiger partial charge < -0.3 is 11.1 Å². The topological polar surface area (TPSA) is 55.1 Å². The predicted octanol–water partition coefficient (Wildman–Crippen LogP) is 4.61. The van der Waals surface area contributed by atoms with Gasteiger partial charge in [-0.3, -0.25) is 4.79 Å². The van der Waals surface area contributed by atoms with Crippen LogP contribution in [-0.2, 0) is 4.79 Å². The first-order valence-corrected chi connectivity index (χ1v) is 7.94. The van der Waals surface area contributed by atoms with E-state index in [1.807, 2.05) is 25.1 Å². The first-order chi connectivity index (χ1) is 9.97. The van der Waals surface area contributed by atoms with E-state index in [1.54, 1.807) is 18.2 Å². The number of rotatable bonds is 4. The van der Waals surface area contributed by atoms with Gasteiger partial charge in [-0.1, -0.05) is 35.3 Å². The maximum Gasteiger partial charge on any atom is 0.234 e. The Morgan fingerprint density at radius 1 is 1.24 bits per heavy atom. The zero-order valence-electron chi connectivity index (χ0n) is 11.3. The first kappa shape index (κ1) is 16.0. The minimum Gasteiger partial charge on any atom is -0.398 e. The van der Waals surface area contributed by atoms with Crippen LogP contribution in [0.15, 0.2) is 41.3 Å². The van der Waals surface area contributed by atoms with Crippen molar-refractivity contribution in [3.63, 3.8) is 0 Å². The number of carbonyl (C=O) groups is 1. The van der Waals surface area contributed by atoms with Gasteiger partial charge in [0.2, 0.25) is 5.91 Å².